The highest BCUT2D eigenvalue weighted by Gasteiger charge is 2.50. The third kappa shape index (κ3) is 28.7. The van der Waals surface area contributed by atoms with Crippen LogP contribution in [0.15, 0.2) is 70.9 Å². The van der Waals surface area contributed by atoms with Crippen LogP contribution in [0.1, 0.15) is 97.2 Å². The van der Waals surface area contributed by atoms with Crippen molar-refractivity contribution in [2.24, 2.45) is 5.92 Å². The number of aromatic nitrogens is 4. The minimum Gasteiger partial charge on any atom is -0.458 e. The number of benzene rings is 2. The lowest BCUT2D eigenvalue weighted by atomic mass is 9.84. The zero-order chi connectivity index (χ0) is 80.3. The number of cyclic esters (lactones) is 1. The first-order valence-electron chi connectivity index (χ1n) is 37.2. The molecule has 5 aromatic rings. The van der Waals surface area contributed by atoms with Crippen molar-refractivity contribution in [3.63, 3.8) is 0 Å². The molecule has 1 aliphatic carbocycles. The predicted molar refractivity (Wildman–Crippen MR) is 400 cm³/mol. The number of aliphatic hydroxyl groups is 1. The van der Waals surface area contributed by atoms with Crippen molar-refractivity contribution in [1.29, 1.82) is 0 Å². The molecule has 7 amide bonds. The molecule has 36 heteroatoms. The van der Waals surface area contributed by atoms with Gasteiger partial charge in [0.15, 0.2) is 5.60 Å². The summed E-state index contributed by atoms with van der Waals surface area (Å²) in [7, 11) is -1.95. The van der Waals surface area contributed by atoms with Gasteiger partial charge in [0.1, 0.15) is 31.3 Å². The summed E-state index contributed by atoms with van der Waals surface area (Å²) in [5, 5.41) is 33.3. The third-order valence-corrected chi connectivity index (χ3v) is 18.9. The van der Waals surface area contributed by atoms with Crippen LogP contribution in [0.2, 0.25) is 0 Å². The van der Waals surface area contributed by atoms with Gasteiger partial charge < -0.3 is 99.6 Å². The van der Waals surface area contributed by atoms with Crippen LogP contribution in [0.3, 0.4) is 0 Å². The number of nitrogens with zero attached hydrogens (tertiary/aromatic N) is 4. The molecule has 9 N–H and O–H groups in total. The van der Waals surface area contributed by atoms with Crippen molar-refractivity contribution in [1.82, 2.24) is 62.1 Å². The summed E-state index contributed by atoms with van der Waals surface area (Å²) < 4.78 is 94.4. The van der Waals surface area contributed by atoms with E-state index in [-0.39, 0.29) is 99.5 Å². The molecule has 2 aromatic carbocycles. The average molecular weight is 1590 g/mol. The van der Waals surface area contributed by atoms with Crippen molar-refractivity contribution < 1.29 is 104 Å². The van der Waals surface area contributed by atoms with E-state index >= 15 is 4.39 Å². The largest absolute Gasteiger partial charge is 0.458 e. The van der Waals surface area contributed by atoms with Crippen LogP contribution in [0.5, 0.6) is 0 Å². The Kier molecular flexibility index (Phi) is 36.2. The first kappa shape index (κ1) is 88.2. The zero-order valence-electron chi connectivity index (χ0n) is 63.5. The van der Waals surface area contributed by atoms with E-state index in [1.165, 1.54) is 30.0 Å². The maximum atomic E-state index is 15.2. The van der Waals surface area contributed by atoms with E-state index in [2.05, 4.69) is 64.3 Å². The molecule has 2 aliphatic heterocycles. The highest BCUT2D eigenvalue weighted by Crippen LogP contribution is 2.46. The number of nitrogens with one attached hydrogen (secondary N) is 8. The van der Waals surface area contributed by atoms with Crippen molar-refractivity contribution in [3.8, 4) is 23.2 Å². The Balaban J connectivity index is 0.726. The lowest BCUT2D eigenvalue weighted by Gasteiger charge is -2.32. The van der Waals surface area contributed by atoms with Gasteiger partial charge >= 0.3 is 5.97 Å². The fraction of sp³-hybridized carbons (Fsp3) is 0.553. The van der Waals surface area contributed by atoms with E-state index in [0.717, 1.165) is 19.1 Å². The highest BCUT2D eigenvalue weighted by atomic mass is 32.2. The van der Waals surface area contributed by atoms with Crippen LogP contribution in [-0.4, -0.2) is 250 Å². The molecule has 3 aliphatic rings. The van der Waals surface area contributed by atoms with Crippen LogP contribution in [0.4, 0.5) is 4.39 Å². The third-order valence-electron chi connectivity index (χ3n) is 18.0. The van der Waals surface area contributed by atoms with Crippen LogP contribution < -0.4 is 48.1 Å². The van der Waals surface area contributed by atoms with E-state index in [0.29, 0.717) is 150 Å². The minimum absolute atomic E-state index is 0.0138. The predicted octanol–water partition coefficient (Wildman–Crippen LogP) is 0.121. The monoisotopic (exact) mass is 1580 g/mol. The highest BCUT2D eigenvalue weighted by molar-refractivity contribution is 7.90. The number of esters is 1. The second-order valence-electron chi connectivity index (χ2n) is 26.7. The Morgan fingerprint density at radius 2 is 1.30 bits per heavy atom. The van der Waals surface area contributed by atoms with Gasteiger partial charge in [-0.25, -0.2) is 32.6 Å². The fourth-order valence-corrected chi connectivity index (χ4v) is 12.3. The second kappa shape index (κ2) is 46.0. The Morgan fingerprint density at radius 3 is 1.94 bits per heavy atom. The number of carbonyl (C=O) groups is 8. The number of unbranched alkanes of at least 4 members (excludes halogenated alkanes) is 2. The van der Waals surface area contributed by atoms with Gasteiger partial charge in [0.05, 0.1) is 159 Å². The summed E-state index contributed by atoms with van der Waals surface area (Å²) in [4.78, 5) is 133. The number of hydrogen-bond donors (Lipinski definition) is 9. The number of amides is 7. The van der Waals surface area contributed by atoms with E-state index < -0.39 is 119 Å². The van der Waals surface area contributed by atoms with Gasteiger partial charge in [-0.05, 0) is 80.8 Å². The first-order valence-corrected chi connectivity index (χ1v) is 39.1. The summed E-state index contributed by atoms with van der Waals surface area (Å²) in [5.74, 6) is 0.0754. The van der Waals surface area contributed by atoms with Gasteiger partial charge in [-0.15, -0.1) is 0 Å². The zero-order valence-corrected chi connectivity index (χ0v) is 64.3. The summed E-state index contributed by atoms with van der Waals surface area (Å²) in [6, 6.07) is 11.1. The first-order chi connectivity index (χ1) is 54.0. The molecule has 8 rings (SSSR count). The topological polar surface area (TPSA) is 440 Å². The SMILES string of the molecule is COCCOCCOCCOCCOCCOCCOCCOCCNC(=O)[C@H](CCC(=O)NCC(=O)NCC(=O)N[C@@H](Cc1ccccc1)C(=O)NCC(=O)NCO[C@@H](C)C(=O)NCc1c2c(nc3cc(F)c(C)cc13)-c1cc3c(c(=O)n1C2)COC(=O)[C@]3(O)CC1CC1)NCCCCC#Cc1cnc(S(C)(=O)=O)nc1. The summed E-state index contributed by atoms with van der Waals surface area (Å²) in [6.07, 6.45) is 5.80. The molecule has 4 atom stereocenters. The fourth-order valence-electron chi connectivity index (χ4n) is 11.8. The molecule has 0 bridgehead atoms. The van der Waals surface area contributed by atoms with E-state index in [1.807, 2.05) is 0 Å². The number of sulfone groups is 1. The Bertz CT molecular complexity index is 4240. The normalized spacial score (nSPS) is 15.0. The number of pyridine rings is 2. The number of hydrogen-bond acceptors (Lipinski definition) is 26. The molecule has 1 saturated carbocycles. The molecule has 1 fully saturated rings. The van der Waals surface area contributed by atoms with E-state index in [1.54, 1.807) is 56.5 Å². The maximum Gasteiger partial charge on any atom is 0.343 e. The lowest BCUT2D eigenvalue weighted by Crippen LogP contribution is -2.52. The molecule has 0 unspecified atom stereocenters. The number of methoxy groups -OCH3 is 1. The number of fused-ring (bicyclic) bond motifs is 5. The van der Waals surface area contributed by atoms with E-state index in [4.69, 9.17) is 52.4 Å². The second-order valence-corrected chi connectivity index (χ2v) is 28.6. The number of rotatable bonds is 52. The molecule has 0 spiro atoms. The van der Waals surface area contributed by atoms with E-state index in [9.17, 15) is 56.7 Å². The summed E-state index contributed by atoms with van der Waals surface area (Å²) in [5.41, 5.74) is 1.15. The van der Waals surface area contributed by atoms with Gasteiger partial charge in [0, 0.05) is 80.7 Å². The molecule has 0 radical (unpaired) electrons. The Hall–Kier alpha value is -9.36. The van der Waals surface area contributed by atoms with Crippen molar-refractivity contribution >= 4 is 68.1 Å². The van der Waals surface area contributed by atoms with Gasteiger partial charge in [-0.1, -0.05) is 55.0 Å². The minimum atomic E-state index is -3.56. The average Bonchev–Trinajstić information content (AvgIpc) is 1.52. The molecule has 34 nitrogen and oxygen atoms in total. The molecule has 610 valence electrons. The summed E-state index contributed by atoms with van der Waals surface area (Å²) >= 11 is 0. The Morgan fingerprint density at radius 1 is 0.705 bits per heavy atom. The van der Waals surface area contributed by atoms with Gasteiger partial charge in [0.2, 0.25) is 56.3 Å². The van der Waals surface area contributed by atoms with Gasteiger partial charge in [0.25, 0.3) is 5.56 Å². The molecule has 112 heavy (non-hydrogen) atoms. The molecule has 0 saturated heterocycles. The molecular formula is C76H101FN12O22S. The van der Waals surface area contributed by atoms with Crippen molar-refractivity contribution in [2.45, 2.75) is 120 Å². The molecule has 5 heterocycles. The molecular weight excluding hydrogens is 1480 g/mol. The van der Waals surface area contributed by atoms with Crippen molar-refractivity contribution in [2.75, 3.05) is 152 Å². The Labute approximate surface area is 648 Å². The van der Waals surface area contributed by atoms with Crippen molar-refractivity contribution in [3.05, 3.63) is 116 Å². The van der Waals surface area contributed by atoms with Gasteiger partial charge in [-0.2, -0.15) is 0 Å². The van der Waals surface area contributed by atoms with Crippen LogP contribution in [-0.2, 0) is 127 Å². The van der Waals surface area contributed by atoms with Gasteiger partial charge in [-0.3, -0.25) is 38.4 Å². The maximum absolute atomic E-state index is 15.2. The lowest BCUT2D eigenvalue weighted by molar-refractivity contribution is -0.173. The van der Waals surface area contributed by atoms with Crippen LogP contribution in [0.25, 0.3) is 22.3 Å². The number of halogens is 1. The quantitative estimate of drug-likeness (QED) is 0.00805. The summed E-state index contributed by atoms with van der Waals surface area (Å²) in [6.45, 7) is 6.96. The number of carbonyl (C=O) groups excluding carboxylic acids is 8. The van der Waals surface area contributed by atoms with Crippen LogP contribution in [0, 0.1) is 30.5 Å². The smallest absolute Gasteiger partial charge is 0.343 e. The number of aryl methyl sites for hydroxylation is 1. The standard InChI is InChI=1S/C76H101FN12O22S/c1-50-36-55-56(57-47-89-64(69(57)88-62(55)39-60(50)77)38-59-58(73(89)97)48-110-74(98)76(59,99)40-53-15-16-53)43-82-70(94)51(2)111-49-86-67(92)45-83-72(96)63(37-52-12-9-7-10-13-52)87-68(93)46-81-66(91)44-80-65(90)18-17-61(78-19-11-6-5-8-14-54-41-84-75(85-42-54)112(4,100)101)71(95)79-20-21-103-24-25-105-28-29-107-32-33-109-35-34-108-31-30-106-27-26-104-23-22-102-3/h7,9-10,12-13,36,38-39,41-42,51,53,61,63,78,99H,5-6,11,15-35,37,40,43-49H2,1-4H3,(H,79,95)(H,80,90)(H,81,91)(H,82,94)(H,83,96)(H,86,92)(H,87,93)/t51-,61-,63-,76-/m0/s1. The number of ether oxygens (including phenoxy) is 10. The molecule has 3 aromatic heterocycles. The van der Waals surface area contributed by atoms with Crippen LogP contribution >= 0.6 is 0 Å².